The van der Waals surface area contributed by atoms with Crippen LogP contribution in [0.25, 0.3) is 0 Å². The van der Waals surface area contributed by atoms with Gasteiger partial charge in [0.1, 0.15) is 6.04 Å². The summed E-state index contributed by atoms with van der Waals surface area (Å²) in [7, 11) is 0. The predicted octanol–water partition coefficient (Wildman–Crippen LogP) is 2.41. The highest BCUT2D eigenvalue weighted by atomic mass is 16.2. The summed E-state index contributed by atoms with van der Waals surface area (Å²) in [5.74, 6) is -0.373. The zero-order chi connectivity index (χ0) is 18.5. The number of hydrogen-bond donors (Lipinski definition) is 3. The summed E-state index contributed by atoms with van der Waals surface area (Å²) in [4.78, 5) is 24.8. The van der Waals surface area contributed by atoms with Gasteiger partial charge in [0.15, 0.2) is 0 Å². The first-order valence-electron chi connectivity index (χ1n) is 9.07. The van der Waals surface area contributed by atoms with E-state index in [0.717, 1.165) is 12.1 Å². The second-order valence-corrected chi connectivity index (χ2v) is 6.68. The van der Waals surface area contributed by atoms with E-state index in [0.29, 0.717) is 13.0 Å². The van der Waals surface area contributed by atoms with Crippen molar-refractivity contribution in [3.8, 4) is 0 Å². The van der Waals surface area contributed by atoms with Crippen molar-refractivity contribution in [2.45, 2.75) is 45.3 Å². The molecule has 1 aliphatic heterocycles. The van der Waals surface area contributed by atoms with Crippen molar-refractivity contribution in [2.75, 3.05) is 5.32 Å². The van der Waals surface area contributed by atoms with Crippen molar-refractivity contribution in [3.63, 3.8) is 0 Å². The Balaban J connectivity index is 1.54. The largest absolute Gasteiger partial charge is 0.343 e. The van der Waals surface area contributed by atoms with E-state index in [4.69, 9.17) is 0 Å². The van der Waals surface area contributed by atoms with Crippen LogP contribution in [0, 0.1) is 0 Å². The fourth-order valence-corrected chi connectivity index (χ4v) is 3.09. The fourth-order valence-electron chi connectivity index (χ4n) is 3.09. The van der Waals surface area contributed by atoms with Crippen LogP contribution < -0.4 is 16.0 Å². The number of carbonyl (C=O) groups is 2. The fraction of sp³-hybridized carbons (Fsp3) is 0.333. The summed E-state index contributed by atoms with van der Waals surface area (Å²) in [6, 6.07) is 14.9. The molecule has 136 valence electrons. The number of fused-ring (bicyclic) bond motifs is 1. The van der Waals surface area contributed by atoms with Crippen LogP contribution in [-0.2, 0) is 29.0 Å². The van der Waals surface area contributed by atoms with E-state index in [9.17, 15) is 9.59 Å². The van der Waals surface area contributed by atoms with Gasteiger partial charge in [-0.1, -0.05) is 43.3 Å². The van der Waals surface area contributed by atoms with Gasteiger partial charge in [-0.15, -0.1) is 0 Å². The van der Waals surface area contributed by atoms with Crippen LogP contribution >= 0.6 is 0 Å². The van der Waals surface area contributed by atoms with Crippen LogP contribution in [0.4, 0.5) is 5.69 Å². The van der Waals surface area contributed by atoms with Gasteiger partial charge in [0.05, 0.1) is 6.04 Å². The lowest BCUT2D eigenvalue weighted by molar-refractivity contribution is -0.127. The van der Waals surface area contributed by atoms with Crippen molar-refractivity contribution >= 4 is 17.5 Å². The predicted molar refractivity (Wildman–Crippen MR) is 103 cm³/mol. The minimum absolute atomic E-state index is 0.150. The molecule has 5 nitrogen and oxygen atoms in total. The van der Waals surface area contributed by atoms with Gasteiger partial charge in [-0.3, -0.25) is 9.59 Å². The number of rotatable bonds is 5. The third-order valence-electron chi connectivity index (χ3n) is 4.78. The number of amides is 2. The second kappa shape index (κ2) is 8.15. The molecule has 0 fully saturated rings. The number of hydrogen-bond acceptors (Lipinski definition) is 3. The molecule has 0 unspecified atom stereocenters. The summed E-state index contributed by atoms with van der Waals surface area (Å²) < 4.78 is 0. The van der Waals surface area contributed by atoms with Gasteiger partial charge in [-0.25, -0.2) is 0 Å². The van der Waals surface area contributed by atoms with Crippen LogP contribution in [0.15, 0.2) is 48.5 Å². The maximum absolute atomic E-state index is 12.5. The minimum atomic E-state index is -0.604. The van der Waals surface area contributed by atoms with Crippen molar-refractivity contribution < 1.29 is 9.59 Å². The standard InChI is InChI=1S/C21H25N3O2/c1-3-15-8-10-18(11-9-15)24-20(25)14(2)23-21(26)19-12-16-6-4-5-7-17(16)13-22-19/h4-11,14,19,22H,3,12-13H2,1-2H3,(H,23,26)(H,24,25)/t14-,19+/m1/s1. The summed E-state index contributed by atoms with van der Waals surface area (Å²) >= 11 is 0. The Morgan fingerprint density at radius 3 is 2.50 bits per heavy atom. The zero-order valence-corrected chi connectivity index (χ0v) is 15.2. The summed E-state index contributed by atoms with van der Waals surface area (Å²) in [6.45, 7) is 4.45. The average molecular weight is 351 g/mol. The molecule has 3 N–H and O–H groups in total. The highest BCUT2D eigenvalue weighted by molar-refractivity contribution is 5.97. The first kappa shape index (κ1) is 18.1. The number of benzene rings is 2. The first-order chi connectivity index (χ1) is 12.6. The van der Waals surface area contributed by atoms with E-state index in [1.165, 1.54) is 16.7 Å². The summed E-state index contributed by atoms with van der Waals surface area (Å²) in [5.41, 5.74) is 4.35. The molecule has 0 bridgehead atoms. The van der Waals surface area contributed by atoms with Gasteiger partial charge in [0.2, 0.25) is 11.8 Å². The SMILES string of the molecule is CCc1ccc(NC(=O)[C@@H](C)NC(=O)[C@@H]2Cc3ccccc3CN2)cc1. The third-order valence-corrected chi connectivity index (χ3v) is 4.78. The van der Waals surface area contributed by atoms with E-state index in [-0.39, 0.29) is 17.9 Å². The van der Waals surface area contributed by atoms with E-state index >= 15 is 0 Å². The number of nitrogens with one attached hydrogen (secondary N) is 3. The molecule has 1 aliphatic rings. The van der Waals surface area contributed by atoms with Crippen LogP contribution in [0.1, 0.15) is 30.5 Å². The molecule has 0 aromatic heterocycles. The van der Waals surface area contributed by atoms with Crippen molar-refractivity contribution in [1.29, 1.82) is 0 Å². The Kier molecular flexibility index (Phi) is 5.68. The van der Waals surface area contributed by atoms with Gasteiger partial charge in [-0.2, -0.15) is 0 Å². The van der Waals surface area contributed by atoms with Crippen molar-refractivity contribution in [2.24, 2.45) is 0 Å². The van der Waals surface area contributed by atoms with E-state index < -0.39 is 6.04 Å². The molecular weight excluding hydrogens is 326 g/mol. The average Bonchev–Trinajstić information content (AvgIpc) is 2.68. The molecule has 0 radical (unpaired) electrons. The molecule has 0 saturated carbocycles. The lowest BCUT2D eigenvalue weighted by Gasteiger charge is -2.26. The number of aryl methyl sites for hydroxylation is 1. The molecule has 3 rings (SSSR count). The quantitative estimate of drug-likeness (QED) is 0.775. The molecule has 2 aromatic carbocycles. The van der Waals surface area contributed by atoms with Crippen molar-refractivity contribution in [1.82, 2.24) is 10.6 Å². The molecule has 2 aromatic rings. The van der Waals surface area contributed by atoms with Crippen LogP contribution in [0.5, 0.6) is 0 Å². The maximum atomic E-state index is 12.5. The van der Waals surface area contributed by atoms with Crippen LogP contribution in [-0.4, -0.2) is 23.9 Å². The molecule has 2 amide bonds. The second-order valence-electron chi connectivity index (χ2n) is 6.68. The topological polar surface area (TPSA) is 70.2 Å². The molecule has 5 heteroatoms. The lowest BCUT2D eigenvalue weighted by atomic mass is 9.95. The number of anilines is 1. The first-order valence-corrected chi connectivity index (χ1v) is 9.07. The smallest absolute Gasteiger partial charge is 0.246 e. The highest BCUT2D eigenvalue weighted by Crippen LogP contribution is 2.16. The van der Waals surface area contributed by atoms with Gasteiger partial charge < -0.3 is 16.0 Å². The Labute approximate surface area is 154 Å². The van der Waals surface area contributed by atoms with Crippen LogP contribution in [0.3, 0.4) is 0 Å². The normalized spacial score (nSPS) is 17.1. The molecule has 1 heterocycles. The van der Waals surface area contributed by atoms with E-state index in [1.54, 1.807) is 6.92 Å². The summed E-state index contributed by atoms with van der Waals surface area (Å²) in [5, 5.41) is 8.89. The number of carbonyl (C=O) groups excluding carboxylic acids is 2. The van der Waals surface area contributed by atoms with E-state index in [1.807, 2.05) is 42.5 Å². The highest BCUT2D eigenvalue weighted by Gasteiger charge is 2.26. The third kappa shape index (κ3) is 4.29. The molecular formula is C21H25N3O2. The lowest BCUT2D eigenvalue weighted by Crippen LogP contribution is -2.52. The molecule has 2 atom stereocenters. The Bertz CT molecular complexity index is 786. The molecule has 0 saturated heterocycles. The van der Waals surface area contributed by atoms with Gasteiger partial charge in [0.25, 0.3) is 0 Å². The van der Waals surface area contributed by atoms with Gasteiger partial charge in [0, 0.05) is 12.2 Å². The Hall–Kier alpha value is -2.66. The molecule has 0 aliphatic carbocycles. The Morgan fingerprint density at radius 2 is 1.81 bits per heavy atom. The van der Waals surface area contributed by atoms with E-state index in [2.05, 4.69) is 28.9 Å². The van der Waals surface area contributed by atoms with Gasteiger partial charge in [-0.05, 0) is 48.6 Å². The van der Waals surface area contributed by atoms with Crippen molar-refractivity contribution in [3.05, 3.63) is 65.2 Å². The minimum Gasteiger partial charge on any atom is -0.343 e. The maximum Gasteiger partial charge on any atom is 0.246 e. The van der Waals surface area contributed by atoms with Gasteiger partial charge >= 0.3 is 0 Å². The molecule has 0 spiro atoms. The zero-order valence-electron chi connectivity index (χ0n) is 15.2. The monoisotopic (exact) mass is 351 g/mol. The summed E-state index contributed by atoms with van der Waals surface area (Å²) in [6.07, 6.45) is 1.59. The molecule has 26 heavy (non-hydrogen) atoms. The Morgan fingerprint density at radius 1 is 1.12 bits per heavy atom. The van der Waals surface area contributed by atoms with Crippen LogP contribution in [0.2, 0.25) is 0 Å².